The molecule has 3 nitrogen and oxygen atoms in total. The number of nitrogens with two attached hydrogens (primary N) is 1. The molecule has 3 heteroatoms. The highest BCUT2D eigenvalue weighted by atomic mass is 16.5. The van der Waals surface area contributed by atoms with Gasteiger partial charge in [-0.05, 0) is 34.7 Å². The molecule has 0 heterocycles. The molecule has 1 atom stereocenters. The monoisotopic (exact) mass is 285 g/mol. The number of ether oxygens (including phenoxy) is 2. The van der Waals surface area contributed by atoms with E-state index in [-0.39, 0.29) is 6.04 Å². The van der Waals surface area contributed by atoms with Gasteiger partial charge in [-0.2, -0.15) is 0 Å². The number of benzene rings is 2. The summed E-state index contributed by atoms with van der Waals surface area (Å²) in [6.07, 6.45) is 0. The van der Waals surface area contributed by atoms with Gasteiger partial charge in [0, 0.05) is 0 Å². The second kappa shape index (κ2) is 6.64. The van der Waals surface area contributed by atoms with E-state index in [1.807, 2.05) is 18.2 Å². The minimum absolute atomic E-state index is 0.175. The summed E-state index contributed by atoms with van der Waals surface area (Å²) in [5.74, 6) is 1.93. The molecule has 0 fully saturated rings. The van der Waals surface area contributed by atoms with Crippen LogP contribution in [-0.4, -0.2) is 14.2 Å². The highest BCUT2D eigenvalue weighted by Crippen LogP contribution is 2.31. The lowest BCUT2D eigenvalue weighted by atomic mass is 9.95. The van der Waals surface area contributed by atoms with Crippen molar-refractivity contribution in [3.63, 3.8) is 0 Å². The average Bonchev–Trinajstić information content (AvgIpc) is 2.53. The van der Waals surface area contributed by atoms with Gasteiger partial charge in [0.15, 0.2) is 11.5 Å². The van der Waals surface area contributed by atoms with Crippen LogP contribution >= 0.6 is 0 Å². The molecule has 0 spiro atoms. The maximum absolute atomic E-state index is 6.36. The van der Waals surface area contributed by atoms with E-state index in [1.165, 1.54) is 5.56 Å². The summed E-state index contributed by atoms with van der Waals surface area (Å²) < 4.78 is 10.6. The van der Waals surface area contributed by atoms with Crippen molar-refractivity contribution in [3.8, 4) is 11.5 Å². The molecule has 2 rings (SSSR count). The lowest BCUT2D eigenvalue weighted by molar-refractivity contribution is 0.354. The van der Waals surface area contributed by atoms with Gasteiger partial charge in [-0.25, -0.2) is 0 Å². The maximum Gasteiger partial charge on any atom is 0.161 e. The van der Waals surface area contributed by atoms with Crippen LogP contribution in [0.15, 0.2) is 42.5 Å². The minimum Gasteiger partial charge on any atom is -0.493 e. The van der Waals surface area contributed by atoms with Gasteiger partial charge >= 0.3 is 0 Å². The van der Waals surface area contributed by atoms with Crippen molar-refractivity contribution in [2.24, 2.45) is 5.73 Å². The summed E-state index contributed by atoms with van der Waals surface area (Å²) in [5, 5.41) is 0. The van der Waals surface area contributed by atoms with E-state index in [9.17, 15) is 0 Å². The zero-order valence-corrected chi connectivity index (χ0v) is 13.1. The van der Waals surface area contributed by atoms with Gasteiger partial charge in [0.1, 0.15) is 0 Å². The molecule has 0 amide bonds. The third-order valence-electron chi connectivity index (χ3n) is 3.73. The maximum atomic E-state index is 6.36. The number of rotatable bonds is 5. The Morgan fingerprint density at radius 1 is 0.762 bits per heavy atom. The molecule has 0 bridgehead atoms. The predicted octanol–water partition coefficient (Wildman–Crippen LogP) is 3.88. The fourth-order valence-corrected chi connectivity index (χ4v) is 2.33. The molecule has 0 aliphatic rings. The summed E-state index contributed by atoms with van der Waals surface area (Å²) in [6.45, 7) is 4.37. The Morgan fingerprint density at radius 2 is 1.29 bits per heavy atom. The Hall–Kier alpha value is -2.00. The van der Waals surface area contributed by atoms with E-state index in [0.29, 0.717) is 17.4 Å². The van der Waals surface area contributed by atoms with Crippen LogP contribution in [0, 0.1) is 0 Å². The van der Waals surface area contributed by atoms with Crippen LogP contribution in [0.4, 0.5) is 0 Å². The van der Waals surface area contributed by atoms with E-state index in [0.717, 1.165) is 11.1 Å². The van der Waals surface area contributed by atoms with Crippen molar-refractivity contribution in [1.82, 2.24) is 0 Å². The van der Waals surface area contributed by atoms with E-state index >= 15 is 0 Å². The van der Waals surface area contributed by atoms with E-state index in [4.69, 9.17) is 15.2 Å². The normalized spacial score (nSPS) is 12.3. The highest BCUT2D eigenvalue weighted by molar-refractivity contribution is 5.46. The Labute approximate surface area is 126 Å². The standard InChI is InChI=1S/C18H23NO2/c1-12(2)13-5-7-14(8-6-13)18(19)15-9-10-16(20-3)17(11-15)21-4/h5-12,18H,19H2,1-4H3. The molecule has 2 aromatic rings. The predicted molar refractivity (Wildman–Crippen MR) is 86.1 cm³/mol. The van der Waals surface area contributed by atoms with Crippen molar-refractivity contribution < 1.29 is 9.47 Å². The molecule has 0 saturated heterocycles. The molecule has 2 N–H and O–H groups in total. The number of methoxy groups -OCH3 is 2. The average molecular weight is 285 g/mol. The molecule has 0 saturated carbocycles. The quantitative estimate of drug-likeness (QED) is 0.906. The number of hydrogen-bond acceptors (Lipinski definition) is 3. The van der Waals surface area contributed by atoms with E-state index in [1.54, 1.807) is 14.2 Å². The van der Waals surface area contributed by atoms with Gasteiger partial charge in [0.25, 0.3) is 0 Å². The van der Waals surface area contributed by atoms with Gasteiger partial charge in [-0.3, -0.25) is 0 Å². The van der Waals surface area contributed by atoms with Gasteiger partial charge in [-0.1, -0.05) is 44.2 Å². The van der Waals surface area contributed by atoms with Crippen LogP contribution in [0.5, 0.6) is 11.5 Å². The Morgan fingerprint density at radius 3 is 1.81 bits per heavy atom. The van der Waals surface area contributed by atoms with Gasteiger partial charge in [0.2, 0.25) is 0 Å². The summed E-state index contributed by atoms with van der Waals surface area (Å²) in [5.41, 5.74) is 9.77. The zero-order valence-electron chi connectivity index (χ0n) is 13.1. The van der Waals surface area contributed by atoms with Crippen molar-refractivity contribution in [2.45, 2.75) is 25.8 Å². The van der Waals surface area contributed by atoms with Crippen molar-refractivity contribution in [3.05, 3.63) is 59.2 Å². The first-order chi connectivity index (χ1) is 10.1. The SMILES string of the molecule is COc1ccc(C(N)c2ccc(C(C)C)cc2)cc1OC. The Kier molecular flexibility index (Phi) is 4.86. The van der Waals surface area contributed by atoms with Crippen LogP contribution < -0.4 is 15.2 Å². The van der Waals surface area contributed by atoms with Crippen LogP contribution in [0.25, 0.3) is 0 Å². The van der Waals surface area contributed by atoms with Crippen molar-refractivity contribution in [1.29, 1.82) is 0 Å². The Balaban J connectivity index is 2.28. The molecule has 0 aliphatic carbocycles. The molecule has 21 heavy (non-hydrogen) atoms. The highest BCUT2D eigenvalue weighted by Gasteiger charge is 2.12. The lowest BCUT2D eigenvalue weighted by Gasteiger charge is -2.16. The first-order valence-corrected chi connectivity index (χ1v) is 7.14. The van der Waals surface area contributed by atoms with Crippen molar-refractivity contribution in [2.75, 3.05) is 14.2 Å². The zero-order chi connectivity index (χ0) is 15.4. The summed E-state index contributed by atoms with van der Waals surface area (Å²) in [6, 6.07) is 14.1. The van der Waals surface area contributed by atoms with Gasteiger partial charge in [-0.15, -0.1) is 0 Å². The largest absolute Gasteiger partial charge is 0.493 e. The van der Waals surface area contributed by atoms with E-state index in [2.05, 4.69) is 38.1 Å². The minimum atomic E-state index is -0.175. The molecule has 2 aromatic carbocycles. The summed E-state index contributed by atoms with van der Waals surface area (Å²) >= 11 is 0. The molecule has 0 aromatic heterocycles. The van der Waals surface area contributed by atoms with E-state index < -0.39 is 0 Å². The smallest absolute Gasteiger partial charge is 0.161 e. The second-order valence-corrected chi connectivity index (χ2v) is 5.41. The second-order valence-electron chi connectivity index (χ2n) is 5.41. The molecule has 112 valence electrons. The Bertz CT molecular complexity index is 591. The van der Waals surface area contributed by atoms with Crippen LogP contribution in [0.1, 0.15) is 42.5 Å². The summed E-state index contributed by atoms with van der Waals surface area (Å²) in [4.78, 5) is 0. The molecule has 0 radical (unpaired) electrons. The van der Waals surface area contributed by atoms with Crippen LogP contribution in [0.2, 0.25) is 0 Å². The van der Waals surface area contributed by atoms with Gasteiger partial charge in [0.05, 0.1) is 20.3 Å². The third kappa shape index (κ3) is 3.37. The molecule has 1 unspecified atom stereocenters. The topological polar surface area (TPSA) is 44.5 Å². The molecule has 0 aliphatic heterocycles. The fourth-order valence-electron chi connectivity index (χ4n) is 2.33. The first-order valence-electron chi connectivity index (χ1n) is 7.14. The van der Waals surface area contributed by atoms with Crippen molar-refractivity contribution >= 4 is 0 Å². The van der Waals surface area contributed by atoms with Crippen LogP contribution in [-0.2, 0) is 0 Å². The van der Waals surface area contributed by atoms with Gasteiger partial charge < -0.3 is 15.2 Å². The first kappa shape index (κ1) is 15.4. The fraction of sp³-hybridized carbons (Fsp3) is 0.333. The third-order valence-corrected chi connectivity index (χ3v) is 3.73. The summed E-state index contributed by atoms with van der Waals surface area (Å²) in [7, 11) is 3.26. The molecular formula is C18H23NO2. The van der Waals surface area contributed by atoms with Crippen LogP contribution in [0.3, 0.4) is 0 Å². The lowest BCUT2D eigenvalue weighted by Crippen LogP contribution is -2.12. The number of hydrogen-bond donors (Lipinski definition) is 1. The molecular weight excluding hydrogens is 262 g/mol.